The molecule has 0 aromatic carbocycles. The van der Waals surface area contributed by atoms with Crippen LogP contribution in [0.2, 0.25) is 0 Å². The zero-order valence-corrected chi connectivity index (χ0v) is 14.5. The highest BCUT2D eigenvalue weighted by atomic mass is 32.2. The maximum Gasteiger partial charge on any atom is 0.217 e. The van der Waals surface area contributed by atoms with Gasteiger partial charge in [-0.2, -0.15) is 4.31 Å². The van der Waals surface area contributed by atoms with Crippen LogP contribution in [0.5, 0.6) is 0 Å². The van der Waals surface area contributed by atoms with Gasteiger partial charge in [0.15, 0.2) is 5.13 Å². The lowest BCUT2D eigenvalue weighted by Gasteiger charge is -2.42. The maximum absolute atomic E-state index is 12.6. The van der Waals surface area contributed by atoms with E-state index in [1.807, 2.05) is 5.38 Å². The van der Waals surface area contributed by atoms with E-state index >= 15 is 0 Å². The van der Waals surface area contributed by atoms with Gasteiger partial charge in [-0.3, -0.25) is 0 Å². The third-order valence-electron chi connectivity index (χ3n) is 4.56. The molecule has 2 aliphatic heterocycles. The van der Waals surface area contributed by atoms with Crippen molar-refractivity contribution in [1.82, 2.24) is 9.29 Å². The Balaban J connectivity index is 1.55. The lowest BCUT2D eigenvalue weighted by Crippen LogP contribution is -2.60. The summed E-state index contributed by atoms with van der Waals surface area (Å²) in [7, 11) is -3.18. The quantitative estimate of drug-likeness (QED) is 0.785. The third-order valence-corrected chi connectivity index (χ3v) is 7.74. The second-order valence-electron chi connectivity index (χ2n) is 6.40. The van der Waals surface area contributed by atoms with E-state index in [9.17, 15) is 8.42 Å². The first-order chi connectivity index (χ1) is 11.1. The monoisotopic (exact) mass is 359 g/mol. The predicted molar refractivity (Wildman–Crippen MR) is 87.3 cm³/mol. The van der Waals surface area contributed by atoms with Crippen LogP contribution in [0.25, 0.3) is 0 Å². The summed E-state index contributed by atoms with van der Waals surface area (Å²) in [5.41, 5.74) is -0.609. The molecule has 4 rings (SSSR count). The SMILES string of the molecule is O=S(=O)(C1CC1)N1CCOC2(COCCN(c3nccs3)C2)C1. The number of rotatable bonds is 3. The molecule has 7 nitrogen and oxygen atoms in total. The fourth-order valence-electron chi connectivity index (χ4n) is 3.23. The molecular formula is C14H21N3O4S2. The normalized spacial score (nSPS) is 30.5. The number of hydrogen-bond donors (Lipinski definition) is 0. The van der Waals surface area contributed by atoms with Gasteiger partial charge < -0.3 is 14.4 Å². The fourth-order valence-corrected chi connectivity index (χ4v) is 5.80. The zero-order chi connectivity index (χ0) is 15.9. The van der Waals surface area contributed by atoms with Crippen LogP contribution < -0.4 is 4.90 Å². The van der Waals surface area contributed by atoms with E-state index in [1.165, 1.54) is 0 Å². The van der Waals surface area contributed by atoms with Crippen LogP contribution in [0.1, 0.15) is 12.8 Å². The Hall–Kier alpha value is -0.740. The average Bonchev–Trinajstić information content (AvgIpc) is 3.31. The van der Waals surface area contributed by atoms with Crippen LogP contribution in [0, 0.1) is 0 Å². The van der Waals surface area contributed by atoms with Crippen LogP contribution in [0.3, 0.4) is 0 Å². The number of morpholine rings is 1. The van der Waals surface area contributed by atoms with Crippen LogP contribution >= 0.6 is 11.3 Å². The lowest BCUT2D eigenvalue weighted by atomic mass is 10.0. The first kappa shape index (κ1) is 15.8. The number of nitrogens with zero attached hydrogens (tertiary/aromatic N) is 3. The van der Waals surface area contributed by atoms with Gasteiger partial charge in [-0.25, -0.2) is 13.4 Å². The van der Waals surface area contributed by atoms with Crippen molar-refractivity contribution in [2.75, 3.05) is 50.9 Å². The van der Waals surface area contributed by atoms with E-state index in [4.69, 9.17) is 9.47 Å². The Morgan fingerprint density at radius 1 is 1.26 bits per heavy atom. The summed E-state index contributed by atoms with van der Waals surface area (Å²) >= 11 is 1.58. The standard InChI is InChI=1S/C14H21N3O4S2/c18-23(19,12-1-2-12)17-5-7-21-14(10-17)9-16(4-6-20-11-14)13-15-3-8-22-13/h3,8,12H,1-2,4-7,9-11H2. The van der Waals surface area contributed by atoms with Gasteiger partial charge in [0.25, 0.3) is 0 Å². The minimum absolute atomic E-state index is 0.181. The first-order valence-corrected chi connectivity index (χ1v) is 10.3. The minimum Gasteiger partial charge on any atom is -0.376 e. The van der Waals surface area contributed by atoms with Crippen molar-refractivity contribution < 1.29 is 17.9 Å². The van der Waals surface area contributed by atoms with Crippen molar-refractivity contribution in [3.05, 3.63) is 11.6 Å². The van der Waals surface area contributed by atoms with E-state index < -0.39 is 15.6 Å². The van der Waals surface area contributed by atoms with Gasteiger partial charge in [0.2, 0.25) is 10.0 Å². The van der Waals surface area contributed by atoms with Gasteiger partial charge in [0, 0.05) is 31.2 Å². The van der Waals surface area contributed by atoms with E-state index in [2.05, 4.69) is 9.88 Å². The molecule has 1 unspecified atom stereocenters. The summed E-state index contributed by atoms with van der Waals surface area (Å²) in [5.74, 6) is 0. The molecule has 0 radical (unpaired) electrons. The van der Waals surface area contributed by atoms with Crippen LogP contribution in [0.15, 0.2) is 11.6 Å². The minimum atomic E-state index is -3.18. The molecule has 0 amide bonds. The van der Waals surface area contributed by atoms with Gasteiger partial charge in [-0.1, -0.05) is 0 Å². The summed E-state index contributed by atoms with van der Waals surface area (Å²) in [6, 6.07) is 0. The molecule has 3 fully saturated rings. The third kappa shape index (κ3) is 3.12. The van der Waals surface area contributed by atoms with Crippen LogP contribution in [-0.4, -0.2) is 74.6 Å². The van der Waals surface area contributed by atoms with Gasteiger partial charge >= 0.3 is 0 Å². The molecular weight excluding hydrogens is 338 g/mol. The number of ether oxygens (including phenoxy) is 2. The molecule has 1 aromatic heterocycles. The summed E-state index contributed by atoms with van der Waals surface area (Å²) in [5, 5.41) is 2.69. The van der Waals surface area contributed by atoms with Crippen molar-refractivity contribution in [3.63, 3.8) is 0 Å². The zero-order valence-electron chi connectivity index (χ0n) is 12.9. The summed E-state index contributed by atoms with van der Waals surface area (Å²) in [6.45, 7) is 3.60. The molecule has 1 aromatic rings. The maximum atomic E-state index is 12.6. The topological polar surface area (TPSA) is 72.0 Å². The molecule has 3 aliphatic rings. The van der Waals surface area contributed by atoms with Crippen molar-refractivity contribution in [1.29, 1.82) is 0 Å². The molecule has 1 atom stereocenters. The molecule has 3 heterocycles. The molecule has 2 saturated heterocycles. The Morgan fingerprint density at radius 2 is 2.13 bits per heavy atom. The highest BCUT2D eigenvalue weighted by Crippen LogP contribution is 2.34. The van der Waals surface area contributed by atoms with Crippen LogP contribution in [0.4, 0.5) is 5.13 Å². The lowest BCUT2D eigenvalue weighted by molar-refractivity contribution is -0.116. The van der Waals surface area contributed by atoms with E-state index in [-0.39, 0.29) is 5.25 Å². The Bertz CT molecular complexity index is 647. The average molecular weight is 359 g/mol. The number of anilines is 1. The molecule has 1 saturated carbocycles. The van der Waals surface area contributed by atoms with Crippen LogP contribution in [-0.2, 0) is 19.5 Å². The van der Waals surface area contributed by atoms with E-state index in [1.54, 1.807) is 21.8 Å². The van der Waals surface area contributed by atoms with Crippen molar-refractivity contribution >= 4 is 26.5 Å². The molecule has 1 spiro atoms. The fraction of sp³-hybridized carbons (Fsp3) is 0.786. The van der Waals surface area contributed by atoms with Gasteiger partial charge in [-0.05, 0) is 12.8 Å². The number of aromatic nitrogens is 1. The van der Waals surface area contributed by atoms with Gasteiger partial charge in [0.05, 0.1) is 31.6 Å². The Labute approximate surface area is 140 Å². The molecule has 0 N–H and O–H groups in total. The number of sulfonamides is 1. The second kappa shape index (κ2) is 5.96. The summed E-state index contributed by atoms with van der Waals surface area (Å²) in [6.07, 6.45) is 3.35. The second-order valence-corrected chi connectivity index (χ2v) is 9.48. The Kier molecular flexibility index (Phi) is 4.09. The molecule has 9 heteroatoms. The number of thiazole rings is 1. The molecule has 0 bridgehead atoms. The first-order valence-electron chi connectivity index (χ1n) is 7.94. The Morgan fingerprint density at radius 3 is 2.87 bits per heavy atom. The molecule has 128 valence electrons. The molecule has 1 aliphatic carbocycles. The summed E-state index contributed by atoms with van der Waals surface area (Å²) in [4.78, 5) is 6.51. The number of hydrogen-bond acceptors (Lipinski definition) is 7. The highest BCUT2D eigenvalue weighted by Gasteiger charge is 2.47. The van der Waals surface area contributed by atoms with E-state index in [0.717, 1.165) is 24.5 Å². The smallest absolute Gasteiger partial charge is 0.217 e. The highest BCUT2D eigenvalue weighted by molar-refractivity contribution is 7.90. The van der Waals surface area contributed by atoms with Gasteiger partial charge in [0.1, 0.15) is 5.60 Å². The predicted octanol–water partition coefficient (Wildman–Crippen LogP) is 0.543. The summed E-state index contributed by atoms with van der Waals surface area (Å²) < 4.78 is 38.6. The molecule has 23 heavy (non-hydrogen) atoms. The van der Waals surface area contributed by atoms with Crippen molar-refractivity contribution in [3.8, 4) is 0 Å². The van der Waals surface area contributed by atoms with E-state index in [0.29, 0.717) is 39.5 Å². The van der Waals surface area contributed by atoms with Gasteiger partial charge in [-0.15, -0.1) is 11.3 Å². The van der Waals surface area contributed by atoms with Crippen molar-refractivity contribution in [2.45, 2.75) is 23.7 Å². The van der Waals surface area contributed by atoms with Crippen molar-refractivity contribution in [2.24, 2.45) is 0 Å². The largest absolute Gasteiger partial charge is 0.376 e.